The Morgan fingerprint density at radius 2 is 1.92 bits per heavy atom. The first-order valence-electron chi connectivity index (χ1n) is 9.24. The minimum Gasteiger partial charge on any atom is -0.357 e. The predicted octanol–water partition coefficient (Wildman–Crippen LogP) is 3.39. The molecule has 2 N–H and O–H groups in total. The zero-order valence-corrected chi connectivity index (χ0v) is 15.9. The van der Waals surface area contributed by atoms with Crippen molar-refractivity contribution in [2.75, 3.05) is 13.1 Å². The lowest BCUT2D eigenvalue weighted by Gasteiger charge is -2.28. The highest BCUT2D eigenvalue weighted by molar-refractivity contribution is 5.79. The summed E-state index contributed by atoms with van der Waals surface area (Å²) in [6.45, 7) is 12.8. The highest BCUT2D eigenvalue weighted by atomic mass is 16.5. The fraction of sp³-hybridized carbons (Fsp3) is 0.833. The van der Waals surface area contributed by atoms with Crippen LogP contribution in [0.4, 0.5) is 0 Å². The van der Waals surface area contributed by atoms with Gasteiger partial charge in [0.05, 0.1) is 0 Å². The maximum atomic E-state index is 5.32. The molecule has 1 heterocycles. The minimum absolute atomic E-state index is 0.131. The average molecular weight is 335 g/mol. The molecule has 6 heteroatoms. The van der Waals surface area contributed by atoms with Gasteiger partial charge < -0.3 is 15.2 Å². The van der Waals surface area contributed by atoms with E-state index in [-0.39, 0.29) is 5.41 Å². The molecule has 24 heavy (non-hydrogen) atoms. The first-order chi connectivity index (χ1) is 11.4. The van der Waals surface area contributed by atoms with Gasteiger partial charge in [-0.2, -0.15) is 4.98 Å². The fourth-order valence-electron chi connectivity index (χ4n) is 3.17. The van der Waals surface area contributed by atoms with E-state index in [1.165, 1.54) is 32.1 Å². The van der Waals surface area contributed by atoms with Crippen molar-refractivity contribution in [3.8, 4) is 0 Å². The lowest BCUT2D eigenvalue weighted by Crippen LogP contribution is -2.42. The molecular formula is C18H33N5O. The van der Waals surface area contributed by atoms with Crippen LogP contribution >= 0.6 is 0 Å². The number of hydrogen-bond acceptors (Lipinski definition) is 4. The van der Waals surface area contributed by atoms with Gasteiger partial charge in [-0.3, -0.25) is 0 Å². The quantitative estimate of drug-likeness (QED) is 0.615. The number of nitrogens with one attached hydrogen (secondary N) is 2. The highest BCUT2D eigenvalue weighted by Crippen LogP contribution is 2.40. The van der Waals surface area contributed by atoms with Gasteiger partial charge >= 0.3 is 0 Å². The molecule has 0 aliphatic heterocycles. The monoisotopic (exact) mass is 335 g/mol. The van der Waals surface area contributed by atoms with Gasteiger partial charge in [-0.05, 0) is 31.6 Å². The molecule has 1 aromatic heterocycles. The molecule has 0 bridgehead atoms. The topological polar surface area (TPSA) is 75.3 Å². The molecule has 2 rings (SSSR count). The molecule has 0 unspecified atom stereocenters. The summed E-state index contributed by atoms with van der Waals surface area (Å²) in [5.41, 5.74) is 0.301. The van der Waals surface area contributed by atoms with Crippen LogP contribution < -0.4 is 10.6 Å². The van der Waals surface area contributed by atoms with Crippen LogP contribution in [0.1, 0.15) is 78.4 Å². The van der Waals surface area contributed by atoms with Gasteiger partial charge in [-0.15, -0.1) is 0 Å². The zero-order chi connectivity index (χ0) is 17.6. The summed E-state index contributed by atoms with van der Waals surface area (Å²) >= 11 is 0. The van der Waals surface area contributed by atoms with E-state index in [0.717, 1.165) is 19.0 Å². The van der Waals surface area contributed by atoms with Gasteiger partial charge in [0.15, 0.2) is 11.8 Å². The molecule has 1 aliphatic carbocycles. The molecule has 0 saturated heterocycles. The largest absolute Gasteiger partial charge is 0.357 e. The van der Waals surface area contributed by atoms with E-state index in [4.69, 9.17) is 4.52 Å². The van der Waals surface area contributed by atoms with Crippen molar-refractivity contribution in [2.24, 2.45) is 10.4 Å². The number of rotatable bonds is 6. The van der Waals surface area contributed by atoms with Crippen LogP contribution in [0, 0.1) is 5.41 Å². The Hall–Kier alpha value is -1.59. The van der Waals surface area contributed by atoms with Crippen molar-refractivity contribution in [3.63, 3.8) is 0 Å². The molecule has 0 amide bonds. The Kier molecular flexibility index (Phi) is 6.24. The van der Waals surface area contributed by atoms with Gasteiger partial charge in [0.2, 0.25) is 5.89 Å². The van der Waals surface area contributed by atoms with Crippen molar-refractivity contribution in [1.82, 2.24) is 20.8 Å². The van der Waals surface area contributed by atoms with Crippen LogP contribution in [0.25, 0.3) is 0 Å². The average Bonchev–Trinajstić information content (AvgIpc) is 3.19. The number of aliphatic imine (C=N–C) groups is 1. The molecule has 0 atom stereocenters. The summed E-state index contributed by atoms with van der Waals surface area (Å²) < 4.78 is 5.32. The number of aromatic nitrogens is 2. The summed E-state index contributed by atoms with van der Waals surface area (Å²) in [4.78, 5) is 9.06. The van der Waals surface area contributed by atoms with E-state index in [2.05, 4.69) is 60.4 Å². The first-order valence-corrected chi connectivity index (χ1v) is 9.24. The van der Waals surface area contributed by atoms with Gasteiger partial charge in [-0.25, -0.2) is 4.99 Å². The van der Waals surface area contributed by atoms with Crippen molar-refractivity contribution in [3.05, 3.63) is 11.7 Å². The molecule has 1 saturated carbocycles. The van der Waals surface area contributed by atoms with Gasteiger partial charge in [0.25, 0.3) is 0 Å². The third kappa shape index (κ3) is 4.95. The minimum atomic E-state index is -0.131. The Balaban J connectivity index is 1.96. The molecule has 1 fully saturated rings. The number of hydrogen-bond donors (Lipinski definition) is 2. The summed E-state index contributed by atoms with van der Waals surface area (Å²) in [5, 5.41) is 10.9. The van der Waals surface area contributed by atoms with Crippen LogP contribution in [0.2, 0.25) is 0 Å². The molecule has 0 aromatic carbocycles. The van der Waals surface area contributed by atoms with Crippen LogP contribution in [-0.4, -0.2) is 29.2 Å². The van der Waals surface area contributed by atoms with Gasteiger partial charge in [-0.1, -0.05) is 45.7 Å². The summed E-state index contributed by atoms with van der Waals surface area (Å²) in [7, 11) is 0. The summed E-state index contributed by atoms with van der Waals surface area (Å²) in [6, 6.07) is 0. The third-order valence-electron chi connectivity index (χ3n) is 4.88. The molecule has 136 valence electrons. The van der Waals surface area contributed by atoms with Crippen molar-refractivity contribution in [2.45, 2.75) is 78.7 Å². The van der Waals surface area contributed by atoms with Crippen LogP contribution in [-0.2, 0) is 12.0 Å². The molecule has 1 aromatic rings. The molecule has 1 aliphatic rings. The van der Waals surface area contributed by atoms with Crippen molar-refractivity contribution < 1.29 is 4.52 Å². The molecule has 0 spiro atoms. The summed E-state index contributed by atoms with van der Waals surface area (Å²) in [5.74, 6) is 2.11. The summed E-state index contributed by atoms with van der Waals surface area (Å²) in [6.07, 6.45) is 6.55. The van der Waals surface area contributed by atoms with E-state index in [1.54, 1.807) is 0 Å². The van der Waals surface area contributed by atoms with Crippen LogP contribution in [0.5, 0.6) is 0 Å². The van der Waals surface area contributed by atoms with Crippen molar-refractivity contribution >= 4 is 5.96 Å². The second kappa shape index (κ2) is 7.99. The normalized spacial score (nSPS) is 18.0. The Morgan fingerprint density at radius 1 is 1.21 bits per heavy atom. The van der Waals surface area contributed by atoms with Crippen LogP contribution in [0.15, 0.2) is 9.52 Å². The van der Waals surface area contributed by atoms with E-state index >= 15 is 0 Å². The smallest absolute Gasteiger partial charge is 0.232 e. The lowest BCUT2D eigenvalue weighted by atomic mass is 9.83. The standard InChI is InChI=1S/C18H33N5O/c1-6-18(10-8-9-11-18)13-21-16(19-7-2)20-12-14-22-15(24-23-14)17(3,4)5/h6-13H2,1-5H3,(H2,19,20,21). The second-order valence-electron chi connectivity index (χ2n) is 7.88. The Labute approximate surface area is 145 Å². The molecule has 0 radical (unpaired) electrons. The van der Waals surface area contributed by atoms with E-state index in [1.807, 2.05) is 0 Å². The van der Waals surface area contributed by atoms with Gasteiger partial charge in [0, 0.05) is 18.5 Å². The maximum absolute atomic E-state index is 5.32. The first kappa shape index (κ1) is 18.7. The number of guanidine groups is 1. The Morgan fingerprint density at radius 3 is 2.46 bits per heavy atom. The van der Waals surface area contributed by atoms with E-state index < -0.39 is 0 Å². The van der Waals surface area contributed by atoms with E-state index in [9.17, 15) is 0 Å². The molecule has 6 nitrogen and oxygen atoms in total. The fourth-order valence-corrected chi connectivity index (χ4v) is 3.17. The second-order valence-corrected chi connectivity index (χ2v) is 7.88. The third-order valence-corrected chi connectivity index (χ3v) is 4.88. The molecular weight excluding hydrogens is 302 g/mol. The van der Waals surface area contributed by atoms with Crippen LogP contribution in [0.3, 0.4) is 0 Å². The van der Waals surface area contributed by atoms with E-state index in [0.29, 0.717) is 23.7 Å². The zero-order valence-electron chi connectivity index (χ0n) is 15.9. The maximum Gasteiger partial charge on any atom is 0.232 e. The SMILES string of the molecule is CCNC(=NCc1noc(C(C)(C)C)n1)NCC1(CC)CCCC1. The highest BCUT2D eigenvalue weighted by Gasteiger charge is 2.31. The predicted molar refractivity (Wildman–Crippen MR) is 97.0 cm³/mol. The van der Waals surface area contributed by atoms with Crippen molar-refractivity contribution in [1.29, 1.82) is 0 Å². The Bertz CT molecular complexity index is 538. The van der Waals surface area contributed by atoms with Gasteiger partial charge in [0.1, 0.15) is 6.54 Å². The number of nitrogens with zero attached hydrogens (tertiary/aromatic N) is 3. The lowest BCUT2D eigenvalue weighted by molar-refractivity contribution is 0.283.